The molecule has 1 rings (SSSR count). The highest BCUT2D eigenvalue weighted by Crippen LogP contribution is 2.15. The van der Waals surface area contributed by atoms with E-state index in [2.05, 4.69) is 5.10 Å². The van der Waals surface area contributed by atoms with Gasteiger partial charge >= 0.3 is 0 Å². The van der Waals surface area contributed by atoms with Crippen molar-refractivity contribution in [2.45, 2.75) is 19.9 Å². The first kappa shape index (κ1) is 8.77. The van der Waals surface area contributed by atoms with Gasteiger partial charge in [0.05, 0.1) is 12.7 Å². The van der Waals surface area contributed by atoms with Crippen molar-refractivity contribution in [3.63, 3.8) is 0 Å². The third-order valence-corrected chi connectivity index (χ3v) is 1.57. The number of carbonyl (C=O) groups is 1. The van der Waals surface area contributed by atoms with Crippen molar-refractivity contribution in [3.05, 3.63) is 11.8 Å². The van der Waals surface area contributed by atoms with Gasteiger partial charge in [-0.25, -0.2) is 0 Å². The van der Waals surface area contributed by atoms with Crippen LogP contribution in [-0.2, 0) is 0 Å². The number of nitrogens with zero attached hydrogens (tertiary/aromatic N) is 2. The van der Waals surface area contributed by atoms with E-state index in [-0.39, 0.29) is 6.04 Å². The molecule has 0 N–H and O–H groups in total. The molecule has 4 heteroatoms. The molecule has 0 unspecified atom stereocenters. The van der Waals surface area contributed by atoms with E-state index < -0.39 is 0 Å². The molecule has 1 aromatic rings. The maximum Gasteiger partial charge on any atom is 0.243 e. The molecule has 0 fully saturated rings. The van der Waals surface area contributed by atoms with Gasteiger partial charge in [0.15, 0.2) is 6.29 Å². The summed E-state index contributed by atoms with van der Waals surface area (Å²) in [6, 6.07) is 0.243. The summed E-state index contributed by atoms with van der Waals surface area (Å²) in [6.07, 6.45) is 2.42. The van der Waals surface area contributed by atoms with E-state index in [9.17, 15) is 4.79 Å². The Hall–Kier alpha value is -1.32. The van der Waals surface area contributed by atoms with Crippen LogP contribution in [0.5, 0.6) is 5.88 Å². The highest BCUT2D eigenvalue weighted by molar-refractivity contribution is 5.77. The second kappa shape index (κ2) is 3.38. The lowest BCUT2D eigenvalue weighted by Crippen LogP contribution is -2.00. The second-order valence-corrected chi connectivity index (χ2v) is 2.79. The third kappa shape index (κ3) is 1.47. The van der Waals surface area contributed by atoms with Gasteiger partial charge in [0.1, 0.15) is 0 Å². The van der Waals surface area contributed by atoms with Crippen LogP contribution in [0.4, 0.5) is 0 Å². The Bertz CT molecular complexity index is 279. The maximum atomic E-state index is 10.5. The monoisotopic (exact) mass is 168 g/mol. The van der Waals surface area contributed by atoms with Gasteiger partial charge in [-0.2, -0.15) is 0 Å². The highest BCUT2D eigenvalue weighted by atomic mass is 16.5. The SMILES string of the molecule is COc1nn(C(C)C)cc1C=O. The van der Waals surface area contributed by atoms with Gasteiger partial charge in [-0.3, -0.25) is 9.48 Å². The molecule has 0 aliphatic rings. The lowest BCUT2D eigenvalue weighted by Gasteiger charge is -2.02. The lowest BCUT2D eigenvalue weighted by molar-refractivity contribution is 0.112. The Labute approximate surface area is 71.1 Å². The normalized spacial score (nSPS) is 10.3. The van der Waals surface area contributed by atoms with Gasteiger partial charge in [-0.05, 0) is 13.8 Å². The Morgan fingerprint density at radius 2 is 2.33 bits per heavy atom. The van der Waals surface area contributed by atoms with Gasteiger partial charge in [0.2, 0.25) is 5.88 Å². The van der Waals surface area contributed by atoms with Crippen LogP contribution in [0.15, 0.2) is 6.20 Å². The maximum absolute atomic E-state index is 10.5. The minimum Gasteiger partial charge on any atom is -0.479 e. The van der Waals surface area contributed by atoms with Crippen LogP contribution in [-0.4, -0.2) is 23.2 Å². The van der Waals surface area contributed by atoms with E-state index in [1.807, 2.05) is 13.8 Å². The molecule has 4 nitrogen and oxygen atoms in total. The zero-order chi connectivity index (χ0) is 9.14. The number of hydrogen-bond donors (Lipinski definition) is 0. The zero-order valence-corrected chi connectivity index (χ0v) is 7.44. The van der Waals surface area contributed by atoms with Crippen molar-refractivity contribution in [1.29, 1.82) is 0 Å². The highest BCUT2D eigenvalue weighted by Gasteiger charge is 2.09. The molecule has 12 heavy (non-hydrogen) atoms. The van der Waals surface area contributed by atoms with Crippen LogP contribution >= 0.6 is 0 Å². The van der Waals surface area contributed by atoms with Crippen LogP contribution in [0, 0.1) is 0 Å². The summed E-state index contributed by atoms with van der Waals surface area (Å²) < 4.78 is 6.60. The largest absolute Gasteiger partial charge is 0.479 e. The van der Waals surface area contributed by atoms with Gasteiger partial charge in [-0.1, -0.05) is 0 Å². The summed E-state index contributed by atoms with van der Waals surface area (Å²) in [6.45, 7) is 3.97. The quantitative estimate of drug-likeness (QED) is 0.639. The topological polar surface area (TPSA) is 44.1 Å². The van der Waals surface area contributed by atoms with Crippen LogP contribution in [0.2, 0.25) is 0 Å². The first-order chi connectivity index (χ1) is 5.69. The summed E-state index contributed by atoms with van der Waals surface area (Å²) in [5, 5.41) is 4.06. The predicted octanol–water partition coefficient (Wildman–Crippen LogP) is 1.29. The molecule has 1 heterocycles. The molecular weight excluding hydrogens is 156 g/mol. The standard InChI is InChI=1S/C8H12N2O2/c1-6(2)10-4-7(5-11)8(9-10)12-3/h4-6H,1-3H3. The average molecular weight is 168 g/mol. The molecule has 0 aromatic carbocycles. The van der Waals surface area contributed by atoms with Gasteiger partial charge in [-0.15, -0.1) is 5.10 Å². The average Bonchev–Trinajstić information content (AvgIpc) is 2.46. The molecule has 0 saturated heterocycles. The lowest BCUT2D eigenvalue weighted by atomic mass is 10.4. The summed E-state index contributed by atoms with van der Waals surface area (Å²) in [5.74, 6) is 0.388. The number of aromatic nitrogens is 2. The smallest absolute Gasteiger partial charge is 0.243 e. The number of carbonyl (C=O) groups excluding carboxylic acids is 1. The number of aldehydes is 1. The Kier molecular flexibility index (Phi) is 2.47. The summed E-state index contributed by atoms with van der Waals surface area (Å²) >= 11 is 0. The van der Waals surface area contributed by atoms with E-state index in [4.69, 9.17) is 4.74 Å². The van der Waals surface area contributed by atoms with E-state index in [0.717, 1.165) is 6.29 Å². The van der Waals surface area contributed by atoms with Crippen molar-refractivity contribution in [3.8, 4) is 5.88 Å². The summed E-state index contributed by atoms with van der Waals surface area (Å²) in [4.78, 5) is 10.5. The van der Waals surface area contributed by atoms with Crippen molar-refractivity contribution in [2.75, 3.05) is 7.11 Å². The van der Waals surface area contributed by atoms with Crippen molar-refractivity contribution < 1.29 is 9.53 Å². The van der Waals surface area contributed by atoms with Crippen molar-refractivity contribution >= 4 is 6.29 Å². The van der Waals surface area contributed by atoms with Crippen LogP contribution in [0.1, 0.15) is 30.2 Å². The Morgan fingerprint density at radius 3 is 2.67 bits per heavy atom. The minimum absolute atomic E-state index is 0.243. The van der Waals surface area contributed by atoms with Crippen LogP contribution < -0.4 is 4.74 Å². The molecule has 0 amide bonds. The predicted molar refractivity (Wildman–Crippen MR) is 44.6 cm³/mol. The van der Waals surface area contributed by atoms with E-state index in [0.29, 0.717) is 11.4 Å². The third-order valence-electron chi connectivity index (χ3n) is 1.57. The Balaban J connectivity index is 3.05. The van der Waals surface area contributed by atoms with E-state index >= 15 is 0 Å². The van der Waals surface area contributed by atoms with E-state index in [1.165, 1.54) is 7.11 Å². The van der Waals surface area contributed by atoms with Gasteiger partial charge < -0.3 is 4.74 Å². The fourth-order valence-electron chi connectivity index (χ4n) is 0.893. The molecule has 0 aliphatic heterocycles. The molecule has 1 aromatic heterocycles. The summed E-state index contributed by atoms with van der Waals surface area (Å²) in [5.41, 5.74) is 0.492. The van der Waals surface area contributed by atoms with Crippen LogP contribution in [0.3, 0.4) is 0 Å². The Morgan fingerprint density at radius 1 is 1.67 bits per heavy atom. The molecule has 0 saturated carbocycles. The molecule has 0 radical (unpaired) electrons. The fraction of sp³-hybridized carbons (Fsp3) is 0.500. The number of ether oxygens (including phenoxy) is 1. The first-order valence-corrected chi connectivity index (χ1v) is 3.77. The van der Waals surface area contributed by atoms with Gasteiger partial charge in [0, 0.05) is 12.2 Å². The molecular formula is C8H12N2O2. The van der Waals surface area contributed by atoms with Gasteiger partial charge in [0.25, 0.3) is 0 Å². The molecule has 0 aliphatic carbocycles. The second-order valence-electron chi connectivity index (χ2n) is 2.79. The number of rotatable bonds is 3. The fourth-order valence-corrected chi connectivity index (χ4v) is 0.893. The van der Waals surface area contributed by atoms with Crippen LogP contribution in [0.25, 0.3) is 0 Å². The molecule has 0 bridgehead atoms. The zero-order valence-electron chi connectivity index (χ0n) is 7.44. The van der Waals surface area contributed by atoms with E-state index in [1.54, 1.807) is 10.9 Å². The number of hydrogen-bond acceptors (Lipinski definition) is 3. The number of methoxy groups -OCH3 is 1. The minimum atomic E-state index is 0.243. The van der Waals surface area contributed by atoms with Crippen molar-refractivity contribution in [2.24, 2.45) is 0 Å². The molecule has 66 valence electrons. The summed E-state index contributed by atoms with van der Waals surface area (Å²) in [7, 11) is 1.50. The van der Waals surface area contributed by atoms with Crippen molar-refractivity contribution in [1.82, 2.24) is 9.78 Å². The molecule has 0 atom stereocenters. The first-order valence-electron chi connectivity index (χ1n) is 3.77. The molecule has 0 spiro atoms.